The summed E-state index contributed by atoms with van der Waals surface area (Å²) in [5.41, 5.74) is 10.6. The molecule has 0 aliphatic rings. The molecule has 0 saturated heterocycles. The fourth-order valence-electron chi connectivity index (χ4n) is 8.27. The van der Waals surface area contributed by atoms with Gasteiger partial charge in [-0.05, 0) is 76.9 Å². The molecule has 0 aliphatic carbocycles. The smallest absolute Gasteiger partial charge is 0.164 e. The number of rotatable bonds is 5. The van der Waals surface area contributed by atoms with Crippen molar-refractivity contribution in [1.82, 2.24) is 15.0 Å². The van der Waals surface area contributed by atoms with Crippen LogP contribution in [0.3, 0.4) is 0 Å². The minimum absolute atomic E-state index is 0.589. The molecule has 0 bridgehead atoms. The van der Waals surface area contributed by atoms with Crippen molar-refractivity contribution in [3.8, 4) is 56.4 Å². The quantitative estimate of drug-likeness (QED) is 0.175. The first kappa shape index (κ1) is 31.9. The summed E-state index contributed by atoms with van der Waals surface area (Å²) in [4.78, 5) is 14.8. The largest absolute Gasteiger partial charge is 0.456 e. The second-order valence-corrected chi connectivity index (χ2v) is 15.4. The standard InChI is InChI=1S/C51H29N3O2S/c1-3-12-30(13-4-1)49-52-50(31-14-5-2-6-15-31)54-51(53-49)33-22-24-35-39-26-32(23-25-42(39)55-43(35)28-33)34-27-40(47-37-16-7-9-19-41(37)56-44(47)29-34)36-18-11-21-46-48(36)38-17-8-10-20-45(38)57-46/h1-29H. The topological polar surface area (TPSA) is 65.0 Å². The van der Waals surface area contributed by atoms with Crippen LogP contribution in [0.4, 0.5) is 0 Å². The van der Waals surface area contributed by atoms with Gasteiger partial charge in [-0.2, -0.15) is 0 Å². The highest BCUT2D eigenvalue weighted by atomic mass is 32.1. The van der Waals surface area contributed by atoms with Crippen molar-refractivity contribution in [3.05, 3.63) is 176 Å². The van der Waals surface area contributed by atoms with Gasteiger partial charge in [0, 0.05) is 58.4 Å². The predicted molar refractivity (Wildman–Crippen MR) is 234 cm³/mol. The Labute approximate surface area is 330 Å². The molecule has 0 atom stereocenters. The van der Waals surface area contributed by atoms with Gasteiger partial charge in [-0.1, -0.05) is 121 Å². The molecule has 4 heterocycles. The molecule has 57 heavy (non-hydrogen) atoms. The molecule has 0 saturated carbocycles. The van der Waals surface area contributed by atoms with E-state index in [4.69, 9.17) is 23.8 Å². The van der Waals surface area contributed by atoms with Crippen molar-refractivity contribution in [2.45, 2.75) is 0 Å². The Morgan fingerprint density at radius 2 is 0.930 bits per heavy atom. The highest BCUT2D eigenvalue weighted by Crippen LogP contribution is 2.46. The molecule has 0 spiro atoms. The zero-order chi connectivity index (χ0) is 37.5. The number of benzene rings is 8. The van der Waals surface area contributed by atoms with E-state index >= 15 is 0 Å². The van der Waals surface area contributed by atoms with E-state index in [9.17, 15) is 0 Å². The summed E-state index contributed by atoms with van der Waals surface area (Å²) in [7, 11) is 0. The van der Waals surface area contributed by atoms with Crippen molar-refractivity contribution in [1.29, 1.82) is 0 Å². The summed E-state index contributed by atoms with van der Waals surface area (Å²) in [5, 5.41) is 6.85. The molecule has 12 aromatic rings. The second-order valence-electron chi connectivity index (χ2n) is 14.3. The first-order valence-corrected chi connectivity index (χ1v) is 19.7. The van der Waals surface area contributed by atoms with Gasteiger partial charge in [-0.3, -0.25) is 0 Å². The highest BCUT2D eigenvalue weighted by molar-refractivity contribution is 7.25. The third-order valence-electron chi connectivity index (χ3n) is 10.9. The Morgan fingerprint density at radius 1 is 0.316 bits per heavy atom. The Hall–Kier alpha value is -7.41. The predicted octanol–water partition coefficient (Wildman–Crippen LogP) is 14.4. The summed E-state index contributed by atoms with van der Waals surface area (Å²) >= 11 is 1.84. The van der Waals surface area contributed by atoms with Crippen LogP contribution in [-0.2, 0) is 0 Å². The van der Waals surface area contributed by atoms with E-state index in [2.05, 4.69) is 103 Å². The van der Waals surface area contributed by atoms with Gasteiger partial charge in [0.05, 0.1) is 0 Å². The number of furan rings is 2. The van der Waals surface area contributed by atoms with Gasteiger partial charge >= 0.3 is 0 Å². The maximum absolute atomic E-state index is 6.60. The number of nitrogens with zero attached hydrogens (tertiary/aromatic N) is 3. The van der Waals surface area contributed by atoms with Crippen molar-refractivity contribution < 1.29 is 8.83 Å². The lowest BCUT2D eigenvalue weighted by Gasteiger charge is -2.11. The molecule has 0 radical (unpaired) electrons. The van der Waals surface area contributed by atoms with Crippen LogP contribution in [0.15, 0.2) is 185 Å². The van der Waals surface area contributed by atoms with Crippen LogP contribution in [0.1, 0.15) is 0 Å². The molecule has 6 heteroatoms. The van der Waals surface area contributed by atoms with Gasteiger partial charge in [0.1, 0.15) is 22.3 Å². The van der Waals surface area contributed by atoms with Crippen LogP contribution in [0.5, 0.6) is 0 Å². The fourth-order valence-corrected chi connectivity index (χ4v) is 9.40. The molecule has 266 valence electrons. The number of para-hydroxylation sites is 1. The Bertz CT molecular complexity index is 3470. The van der Waals surface area contributed by atoms with Gasteiger partial charge in [0.2, 0.25) is 0 Å². The zero-order valence-electron chi connectivity index (χ0n) is 30.3. The van der Waals surface area contributed by atoms with E-state index < -0.39 is 0 Å². The highest BCUT2D eigenvalue weighted by Gasteiger charge is 2.20. The van der Waals surface area contributed by atoms with Crippen LogP contribution in [0.2, 0.25) is 0 Å². The summed E-state index contributed by atoms with van der Waals surface area (Å²) in [5.74, 6) is 1.84. The van der Waals surface area contributed by atoms with Gasteiger partial charge in [0.15, 0.2) is 17.5 Å². The summed E-state index contributed by atoms with van der Waals surface area (Å²) < 4.78 is 15.7. The first-order valence-electron chi connectivity index (χ1n) is 18.9. The van der Waals surface area contributed by atoms with Crippen molar-refractivity contribution in [2.75, 3.05) is 0 Å². The molecular formula is C51H29N3O2S. The Kier molecular flexibility index (Phi) is 7.03. The summed E-state index contributed by atoms with van der Waals surface area (Å²) in [6.07, 6.45) is 0. The van der Waals surface area contributed by atoms with Gasteiger partial charge in [-0.15, -0.1) is 11.3 Å². The molecular weight excluding hydrogens is 719 g/mol. The minimum Gasteiger partial charge on any atom is -0.456 e. The molecule has 0 N–H and O–H groups in total. The lowest BCUT2D eigenvalue weighted by atomic mass is 9.92. The maximum atomic E-state index is 6.60. The van der Waals surface area contributed by atoms with Crippen molar-refractivity contribution >= 4 is 75.4 Å². The average Bonchev–Trinajstić information content (AvgIpc) is 3.97. The maximum Gasteiger partial charge on any atom is 0.164 e. The molecule has 0 fully saturated rings. The number of aromatic nitrogens is 3. The van der Waals surface area contributed by atoms with Gasteiger partial charge in [-0.25, -0.2) is 15.0 Å². The van der Waals surface area contributed by atoms with E-state index in [1.165, 1.54) is 25.7 Å². The lowest BCUT2D eigenvalue weighted by Crippen LogP contribution is -2.00. The van der Waals surface area contributed by atoms with Crippen LogP contribution in [-0.4, -0.2) is 15.0 Å². The molecule has 5 nitrogen and oxygen atoms in total. The van der Waals surface area contributed by atoms with Crippen LogP contribution in [0, 0.1) is 0 Å². The SMILES string of the molecule is c1ccc(-c2nc(-c3ccccc3)nc(-c3ccc4c(c3)oc3ccc(-c5cc(-c6cccc7sc8ccccc8c67)c6c(c5)oc5ccccc56)cc34)n2)cc1. The van der Waals surface area contributed by atoms with E-state index in [-0.39, 0.29) is 0 Å². The molecule has 0 amide bonds. The minimum atomic E-state index is 0.589. The van der Waals surface area contributed by atoms with Gasteiger partial charge in [0.25, 0.3) is 0 Å². The van der Waals surface area contributed by atoms with E-state index in [1.54, 1.807) is 0 Å². The second kappa shape index (κ2) is 12.6. The average molecular weight is 748 g/mol. The number of hydrogen-bond donors (Lipinski definition) is 0. The van der Waals surface area contributed by atoms with E-state index in [0.717, 1.165) is 77.3 Å². The summed E-state index contributed by atoms with van der Waals surface area (Å²) in [6, 6.07) is 61.0. The normalized spacial score (nSPS) is 11.9. The third-order valence-corrected chi connectivity index (χ3v) is 12.1. The van der Waals surface area contributed by atoms with Crippen LogP contribution >= 0.6 is 11.3 Å². The Morgan fingerprint density at radius 3 is 1.72 bits per heavy atom. The third kappa shape index (κ3) is 5.19. The monoisotopic (exact) mass is 747 g/mol. The number of fused-ring (bicyclic) bond motifs is 9. The fraction of sp³-hybridized carbons (Fsp3) is 0. The molecule has 12 rings (SSSR count). The number of hydrogen-bond acceptors (Lipinski definition) is 6. The molecule has 0 aliphatic heterocycles. The van der Waals surface area contributed by atoms with Crippen molar-refractivity contribution in [2.24, 2.45) is 0 Å². The van der Waals surface area contributed by atoms with Crippen LogP contribution in [0.25, 0.3) is 120 Å². The first-order chi connectivity index (χ1) is 28.2. The molecule has 0 unspecified atom stereocenters. The zero-order valence-corrected chi connectivity index (χ0v) is 31.1. The number of thiophene rings is 1. The van der Waals surface area contributed by atoms with Gasteiger partial charge < -0.3 is 8.83 Å². The van der Waals surface area contributed by atoms with E-state index in [1.807, 2.05) is 84.1 Å². The molecule has 8 aromatic carbocycles. The Balaban J connectivity index is 1.02. The van der Waals surface area contributed by atoms with Crippen molar-refractivity contribution in [3.63, 3.8) is 0 Å². The van der Waals surface area contributed by atoms with Crippen LogP contribution < -0.4 is 0 Å². The van der Waals surface area contributed by atoms with E-state index in [0.29, 0.717) is 17.5 Å². The molecule has 4 aromatic heterocycles. The summed E-state index contributed by atoms with van der Waals surface area (Å²) in [6.45, 7) is 0. The lowest BCUT2D eigenvalue weighted by molar-refractivity contribution is 0.669.